The van der Waals surface area contributed by atoms with Crippen LogP contribution in [0.1, 0.15) is 75.0 Å². The van der Waals surface area contributed by atoms with Gasteiger partial charge >= 0.3 is 5.97 Å². The van der Waals surface area contributed by atoms with Crippen LogP contribution in [0.4, 0.5) is 0 Å². The number of benzene rings is 1. The van der Waals surface area contributed by atoms with Gasteiger partial charge in [0, 0.05) is 10.5 Å². The van der Waals surface area contributed by atoms with Gasteiger partial charge in [-0.05, 0) is 85.1 Å². The number of carbonyl (C=O) groups excluding carboxylic acids is 1. The second kappa shape index (κ2) is 10.1. The number of fused-ring (bicyclic) bond motifs is 1. The van der Waals surface area contributed by atoms with Gasteiger partial charge in [0.25, 0.3) is 0 Å². The Hall–Kier alpha value is -2.32. The summed E-state index contributed by atoms with van der Waals surface area (Å²) in [5, 5.41) is 8.29. The Bertz CT molecular complexity index is 954. The summed E-state index contributed by atoms with van der Waals surface area (Å²) in [4.78, 5) is 13.0. The third-order valence-electron chi connectivity index (χ3n) is 6.03. The van der Waals surface area contributed by atoms with Crippen LogP contribution in [0.25, 0.3) is 0 Å². The number of esters is 1. The Labute approximate surface area is 184 Å². The Morgan fingerprint density at radius 2 is 1.93 bits per heavy atom. The molecule has 0 amide bonds. The molecule has 0 bridgehead atoms. The van der Waals surface area contributed by atoms with E-state index in [0.717, 1.165) is 24.8 Å². The van der Waals surface area contributed by atoms with E-state index in [1.165, 1.54) is 28.2 Å². The van der Waals surface area contributed by atoms with Crippen molar-refractivity contribution in [1.82, 2.24) is 10.2 Å². The first-order chi connectivity index (χ1) is 14.5. The highest BCUT2D eigenvalue weighted by Gasteiger charge is 2.34. The van der Waals surface area contributed by atoms with Gasteiger partial charge in [0.1, 0.15) is 5.69 Å². The van der Waals surface area contributed by atoms with Crippen LogP contribution in [-0.2, 0) is 27.8 Å². The third-order valence-corrected chi connectivity index (χ3v) is 7.08. The third kappa shape index (κ3) is 4.87. The highest BCUT2D eigenvalue weighted by molar-refractivity contribution is 7.99. The number of ether oxygens (including phenoxy) is 1. The first-order valence-electron chi connectivity index (χ1n) is 10.9. The molecule has 1 aromatic heterocycles. The van der Waals surface area contributed by atoms with Gasteiger partial charge in [0.05, 0.1) is 18.7 Å². The van der Waals surface area contributed by atoms with Gasteiger partial charge in [0.2, 0.25) is 0 Å². The zero-order valence-electron chi connectivity index (χ0n) is 18.4. The Morgan fingerprint density at radius 1 is 1.13 bits per heavy atom. The zero-order valence-corrected chi connectivity index (χ0v) is 19.2. The fourth-order valence-corrected chi connectivity index (χ4v) is 5.42. The maximum absolute atomic E-state index is 11.6. The van der Waals surface area contributed by atoms with E-state index in [4.69, 9.17) is 4.74 Å². The smallest absolute Gasteiger partial charge is 0.311 e. The summed E-state index contributed by atoms with van der Waals surface area (Å²) in [6.07, 6.45) is 4.62. The van der Waals surface area contributed by atoms with Crippen LogP contribution in [0.3, 0.4) is 0 Å². The van der Waals surface area contributed by atoms with E-state index in [-0.39, 0.29) is 17.8 Å². The van der Waals surface area contributed by atoms with E-state index in [0.29, 0.717) is 18.0 Å². The SMILES string of the molecule is CCOC(=O)Cc1ccc(C#Cc2cc3c(cc2CC)SCCC3(CC)CC)nn1. The van der Waals surface area contributed by atoms with E-state index >= 15 is 0 Å². The van der Waals surface area contributed by atoms with Crippen molar-refractivity contribution in [1.29, 1.82) is 0 Å². The van der Waals surface area contributed by atoms with E-state index in [1.54, 1.807) is 13.0 Å². The number of aromatic nitrogens is 2. The summed E-state index contributed by atoms with van der Waals surface area (Å²) in [5.74, 6) is 7.41. The van der Waals surface area contributed by atoms with Gasteiger partial charge in [-0.25, -0.2) is 0 Å². The normalized spacial score (nSPS) is 14.4. The molecule has 30 heavy (non-hydrogen) atoms. The lowest BCUT2D eigenvalue weighted by atomic mass is 9.72. The molecule has 0 saturated carbocycles. The molecular formula is C25H30N2O2S. The molecule has 5 heteroatoms. The largest absolute Gasteiger partial charge is 0.466 e. The summed E-state index contributed by atoms with van der Waals surface area (Å²) in [7, 11) is 0. The molecule has 0 atom stereocenters. The number of thioether (sulfide) groups is 1. The van der Waals surface area contributed by atoms with E-state index in [2.05, 4.69) is 54.9 Å². The first kappa shape index (κ1) is 22.4. The number of nitrogens with zero attached hydrogens (tertiary/aromatic N) is 2. The molecule has 0 aliphatic carbocycles. The highest BCUT2D eigenvalue weighted by atomic mass is 32.2. The molecule has 1 aromatic carbocycles. The lowest BCUT2D eigenvalue weighted by Crippen LogP contribution is -2.29. The molecule has 3 rings (SSSR count). The van der Waals surface area contributed by atoms with Crippen LogP contribution in [0.15, 0.2) is 29.2 Å². The Kier molecular flexibility index (Phi) is 7.55. The van der Waals surface area contributed by atoms with Gasteiger partial charge in [-0.2, -0.15) is 5.10 Å². The molecule has 1 aliphatic rings. The maximum Gasteiger partial charge on any atom is 0.311 e. The lowest BCUT2D eigenvalue weighted by molar-refractivity contribution is -0.142. The molecular weight excluding hydrogens is 392 g/mol. The minimum Gasteiger partial charge on any atom is -0.466 e. The van der Waals surface area contributed by atoms with Gasteiger partial charge in [-0.15, -0.1) is 16.9 Å². The number of rotatable bonds is 6. The minimum absolute atomic E-state index is 0.132. The van der Waals surface area contributed by atoms with Crippen LogP contribution in [-0.4, -0.2) is 28.5 Å². The van der Waals surface area contributed by atoms with Crippen molar-refractivity contribution in [2.45, 2.75) is 70.1 Å². The monoisotopic (exact) mass is 422 g/mol. The molecule has 1 aliphatic heterocycles. The van der Waals surface area contributed by atoms with Gasteiger partial charge in [-0.3, -0.25) is 4.79 Å². The van der Waals surface area contributed by atoms with Crippen LogP contribution in [0.2, 0.25) is 0 Å². The molecule has 0 saturated heterocycles. The van der Waals surface area contributed by atoms with E-state index in [1.807, 2.05) is 17.8 Å². The number of carbonyl (C=O) groups is 1. The van der Waals surface area contributed by atoms with Crippen molar-refractivity contribution in [3.05, 3.63) is 52.3 Å². The van der Waals surface area contributed by atoms with Gasteiger partial charge < -0.3 is 4.74 Å². The summed E-state index contributed by atoms with van der Waals surface area (Å²) >= 11 is 1.98. The molecule has 4 nitrogen and oxygen atoms in total. The zero-order chi connectivity index (χ0) is 21.6. The summed E-state index contributed by atoms with van der Waals surface area (Å²) in [6, 6.07) is 8.27. The molecule has 2 heterocycles. The number of hydrogen-bond donors (Lipinski definition) is 0. The first-order valence-corrected chi connectivity index (χ1v) is 11.8. The topological polar surface area (TPSA) is 52.1 Å². The number of aryl methyl sites for hydroxylation is 1. The van der Waals surface area contributed by atoms with E-state index in [9.17, 15) is 4.79 Å². The highest BCUT2D eigenvalue weighted by Crippen LogP contribution is 2.46. The van der Waals surface area contributed by atoms with E-state index < -0.39 is 0 Å². The van der Waals surface area contributed by atoms with Crippen molar-refractivity contribution in [2.24, 2.45) is 0 Å². The predicted octanol–water partition coefficient (Wildman–Crippen LogP) is 5.10. The van der Waals surface area contributed by atoms with Crippen LogP contribution in [0, 0.1) is 11.8 Å². The van der Waals surface area contributed by atoms with Crippen molar-refractivity contribution in [3.8, 4) is 11.8 Å². The Balaban J connectivity index is 1.89. The maximum atomic E-state index is 11.6. The van der Waals surface area contributed by atoms with Crippen molar-refractivity contribution in [3.63, 3.8) is 0 Å². The van der Waals surface area contributed by atoms with Crippen molar-refractivity contribution < 1.29 is 9.53 Å². The van der Waals surface area contributed by atoms with Crippen LogP contribution >= 0.6 is 11.8 Å². The lowest BCUT2D eigenvalue weighted by Gasteiger charge is -2.38. The molecule has 158 valence electrons. The molecule has 2 aromatic rings. The number of hydrogen-bond acceptors (Lipinski definition) is 5. The van der Waals surface area contributed by atoms with Gasteiger partial charge in [-0.1, -0.05) is 26.7 Å². The molecule has 0 unspecified atom stereocenters. The minimum atomic E-state index is -0.291. The summed E-state index contributed by atoms with van der Waals surface area (Å²) in [5.41, 5.74) is 5.29. The quantitative estimate of drug-likeness (QED) is 0.479. The average molecular weight is 423 g/mol. The van der Waals surface area contributed by atoms with Crippen LogP contribution < -0.4 is 0 Å². The van der Waals surface area contributed by atoms with Gasteiger partial charge in [0.15, 0.2) is 0 Å². The van der Waals surface area contributed by atoms with Crippen molar-refractivity contribution in [2.75, 3.05) is 12.4 Å². The molecule has 0 fully saturated rings. The summed E-state index contributed by atoms with van der Waals surface area (Å²) in [6.45, 7) is 8.94. The fourth-order valence-electron chi connectivity index (χ4n) is 4.05. The second-order valence-corrected chi connectivity index (χ2v) is 8.72. The molecule has 0 N–H and O–H groups in total. The molecule has 0 radical (unpaired) electrons. The van der Waals surface area contributed by atoms with Crippen LogP contribution in [0.5, 0.6) is 0 Å². The Morgan fingerprint density at radius 3 is 2.57 bits per heavy atom. The second-order valence-electron chi connectivity index (χ2n) is 7.59. The standard InChI is InChI=1S/C25H30N2O2S/c1-5-18-16-23-22(25(6-2,7-3)13-14-30-23)15-19(18)9-10-20-11-12-21(27-26-20)17-24(28)29-8-4/h11-12,15-16H,5-8,13-14,17H2,1-4H3. The summed E-state index contributed by atoms with van der Waals surface area (Å²) < 4.78 is 4.95. The average Bonchev–Trinajstić information content (AvgIpc) is 2.77. The fraction of sp³-hybridized carbons (Fsp3) is 0.480. The van der Waals surface area contributed by atoms with Crippen molar-refractivity contribution >= 4 is 17.7 Å². The molecule has 0 spiro atoms. The predicted molar refractivity (Wildman–Crippen MR) is 122 cm³/mol.